The summed E-state index contributed by atoms with van der Waals surface area (Å²) in [4.78, 5) is 2.06. The second-order valence-corrected chi connectivity index (χ2v) is 9.20. The second kappa shape index (κ2) is 7.18. The van der Waals surface area contributed by atoms with Crippen LogP contribution in [-0.2, 0) is 17.3 Å². The molecule has 2 N–H and O–H groups in total. The van der Waals surface area contributed by atoms with Gasteiger partial charge in [0.25, 0.3) is 0 Å². The zero-order valence-corrected chi connectivity index (χ0v) is 17.4. The van der Waals surface area contributed by atoms with Crippen molar-refractivity contribution in [2.75, 3.05) is 43.9 Å². The Bertz CT molecular complexity index is 1020. The van der Waals surface area contributed by atoms with E-state index in [4.69, 9.17) is 0 Å². The van der Waals surface area contributed by atoms with Gasteiger partial charge in [0.15, 0.2) is 0 Å². The van der Waals surface area contributed by atoms with Crippen molar-refractivity contribution < 1.29 is 8.42 Å². The molecule has 7 nitrogen and oxygen atoms in total. The topological polar surface area (TPSA) is 69.6 Å². The fraction of sp³-hybridized carbons (Fsp3) is 0.400. The minimum Gasteiger partial charge on any atom is -0.378 e. The van der Waals surface area contributed by atoms with Crippen LogP contribution in [0.25, 0.3) is 16.8 Å². The number of hydrogen-bond acceptors (Lipinski definition) is 4. The minimum absolute atomic E-state index is 0.583. The summed E-state index contributed by atoms with van der Waals surface area (Å²) in [5.74, 6) is 0.923. The van der Waals surface area contributed by atoms with E-state index in [2.05, 4.69) is 39.3 Å². The average Bonchev–Trinajstić information content (AvgIpc) is 3.31. The normalized spacial score (nSPS) is 17.0. The van der Waals surface area contributed by atoms with Gasteiger partial charge in [-0.25, -0.2) is 0 Å². The van der Waals surface area contributed by atoms with E-state index in [1.807, 2.05) is 37.9 Å². The van der Waals surface area contributed by atoms with Crippen molar-refractivity contribution in [3.8, 4) is 11.1 Å². The number of hydrogen-bond donors (Lipinski definition) is 2. The Balaban J connectivity index is 1.75. The van der Waals surface area contributed by atoms with Crippen molar-refractivity contribution in [3.05, 3.63) is 42.1 Å². The first-order valence-electron chi connectivity index (χ1n) is 9.56. The van der Waals surface area contributed by atoms with Crippen LogP contribution in [0.2, 0.25) is 0 Å². The lowest BCUT2D eigenvalue weighted by Gasteiger charge is -2.23. The molecule has 0 amide bonds. The van der Waals surface area contributed by atoms with Gasteiger partial charge in [-0.1, -0.05) is 12.1 Å². The Labute approximate surface area is 166 Å². The first-order chi connectivity index (χ1) is 13.4. The molecule has 2 aliphatic heterocycles. The van der Waals surface area contributed by atoms with Crippen molar-refractivity contribution in [3.63, 3.8) is 0 Å². The van der Waals surface area contributed by atoms with Gasteiger partial charge in [-0.15, -0.1) is 0 Å². The molecule has 1 saturated heterocycles. The van der Waals surface area contributed by atoms with Crippen LogP contribution in [0.4, 0.5) is 11.5 Å². The Kier molecular flexibility index (Phi) is 4.84. The summed E-state index contributed by atoms with van der Waals surface area (Å²) in [6.45, 7) is 1.75. The molecule has 150 valence electrons. The zero-order valence-electron chi connectivity index (χ0n) is 16.6. The SMILES string of the molecule is CN(C)c1cccc(-c2cn(C)c3c2C(NS(=O)(=O)N2CCCC2)=CCN3)c1. The predicted molar refractivity (Wildman–Crippen MR) is 115 cm³/mol. The van der Waals surface area contributed by atoms with E-state index < -0.39 is 10.2 Å². The third-order valence-electron chi connectivity index (χ3n) is 5.34. The number of aromatic nitrogens is 1. The number of fused-ring (bicyclic) bond motifs is 1. The first-order valence-corrected chi connectivity index (χ1v) is 11.0. The van der Waals surface area contributed by atoms with Crippen LogP contribution in [0.5, 0.6) is 0 Å². The number of aryl methyl sites for hydroxylation is 1. The van der Waals surface area contributed by atoms with Gasteiger partial charge in [-0.3, -0.25) is 4.72 Å². The number of rotatable bonds is 5. The summed E-state index contributed by atoms with van der Waals surface area (Å²) in [6, 6.07) is 8.27. The first kappa shape index (κ1) is 18.9. The Morgan fingerprint density at radius 2 is 1.93 bits per heavy atom. The van der Waals surface area contributed by atoms with E-state index in [1.54, 1.807) is 0 Å². The smallest absolute Gasteiger partial charge is 0.301 e. The summed E-state index contributed by atoms with van der Waals surface area (Å²) in [5, 5.41) is 3.37. The van der Waals surface area contributed by atoms with Gasteiger partial charge in [0.05, 0.1) is 5.70 Å². The number of nitrogens with one attached hydrogen (secondary N) is 2. The quantitative estimate of drug-likeness (QED) is 0.808. The lowest BCUT2D eigenvalue weighted by atomic mass is 10.00. The Morgan fingerprint density at radius 1 is 1.18 bits per heavy atom. The van der Waals surface area contributed by atoms with Gasteiger partial charge < -0.3 is 14.8 Å². The molecule has 1 aromatic heterocycles. The van der Waals surface area contributed by atoms with Gasteiger partial charge in [0, 0.05) is 63.8 Å². The van der Waals surface area contributed by atoms with Crippen LogP contribution in [-0.4, -0.2) is 51.0 Å². The Morgan fingerprint density at radius 3 is 2.64 bits per heavy atom. The molecular weight excluding hydrogens is 374 g/mol. The molecule has 0 saturated carbocycles. The molecule has 2 aliphatic rings. The summed E-state index contributed by atoms with van der Waals surface area (Å²) in [6.07, 6.45) is 5.80. The van der Waals surface area contributed by atoms with E-state index in [0.717, 1.165) is 41.0 Å². The molecule has 0 unspecified atom stereocenters. The lowest BCUT2D eigenvalue weighted by molar-refractivity contribution is 0.472. The molecule has 1 aromatic carbocycles. The summed E-state index contributed by atoms with van der Waals surface area (Å²) < 4.78 is 32.1. The van der Waals surface area contributed by atoms with Crippen molar-refractivity contribution in [1.82, 2.24) is 13.6 Å². The van der Waals surface area contributed by atoms with E-state index in [9.17, 15) is 8.42 Å². The lowest BCUT2D eigenvalue weighted by Crippen LogP contribution is -2.38. The molecule has 2 aromatic rings. The largest absolute Gasteiger partial charge is 0.378 e. The van der Waals surface area contributed by atoms with E-state index >= 15 is 0 Å². The maximum atomic E-state index is 12.8. The highest BCUT2D eigenvalue weighted by Gasteiger charge is 2.29. The van der Waals surface area contributed by atoms with Gasteiger partial charge in [0.1, 0.15) is 5.82 Å². The standard InChI is InChI=1S/C20H27N5O2S/c1-23(2)16-8-6-7-15(13-16)17-14-24(3)20-19(17)18(9-10-21-20)22-28(26,27)25-11-4-5-12-25/h6-9,13-14,21-22H,4-5,10-12H2,1-3H3. The molecule has 0 radical (unpaired) electrons. The van der Waals surface area contributed by atoms with E-state index in [1.165, 1.54) is 4.31 Å². The molecule has 0 bridgehead atoms. The van der Waals surface area contributed by atoms with E-state index in [0.29, 0.717) is 25.3 Å². The summed E-state index contributed by atoms with van der Waals surface area (Å²) in [7, 11) is 2.45. The zero-order chi connectivity index (χ0) is 19.9. The van der Waals surface area contributed by atoms with Crippen molar-refractivity contribution in [2.24, 2.45) is 7.05 Å². The fourth-order valence-corrected chi connectivity index (χ4v) is 5.19. The van der Waals surface area contributed by atoms with Crippen molar-refractivity contribution >= 4 is 27.4 Å². The third kappa shape index (κ3) is 3.38. The highest BCUT2D eigenvalue weighted by Crippen LogP contribution is 2.38. The molecule has 28 heavy (non-hydrogen) atoms. The van der Waals surface area contributed by atoms with Gasteiger partial charge in [0.2, 0.25) is 0 Å². The van der Waals surface area contributed by atoms with Gasteiger partial charge in [-0.2, -0.15) is 12.7 Å². The molecule has 0 atom stereocenters. The van der Waals surface area contributed by atoms with Crippen LogP contribution in [0.1, 0.15) is 18.4 Å². The highest BCUT2D eigenvalue weighted by atomic mass is 32.2. The number of benzene rings is 1. The maximum Gasteiger partial charge on any atom is 0.301 e. The molecule has 0 aliphatic carbocycles. The van der Waals surface area contributed by atoms with Crippen molar-refractivity contribution in [1.29, 1.82) is 0 Å². The van der Waals surface area contributed by atoms with E-state index in [-0.39, 0.29) is 0 Å². The van der Waals surface area contributed by atoms with Crippen LogP contribution < -0.4 is 14.9 Å². The van der Waals surface area contributed by atoms with Crippen LogP contribution in [0.15, 0.2) is 36.5 Å². The van der Waals surface area contributed by atoms with Crippen molar-refractivity contribution in [2.45, 2.75) is 12.8 Å². The van der Waals surface area contributed by atoms with Crippen LogP contribution in [0, 0.1) is 0 Å². The highest BCUT2D eigenvalue weighted by molar-refractivity contribution is 7.87. The molecule has 3 heterocycles. The van der Waals surface area contributed by atoms with Crippen LogP contribution in [0.3, 0.4) is 0 Å². The monoisotopic (exact) mass is 401 g/mol. The number of nitrogens with zero attached hydrogens (tertiary/aromatic N) is 3. The molecule has 0 spiro atoms. The fourth-order valence-electron chi connectivity index (χ4n) is 3.86. The maximum absolute atomic E-state index is 12.8. The summed E-state index contributed by atoms with van der Waals surface area (Å²) in [5.41, 5.74) is 4.70. The average molecular weight is 402 g/mol. The van der Waals surface area contributed by atoms with Gasteiger partial charge >= 0.3 is 10.2 Å². The van der Waals surface area contributed by atoms with Gasteiger partial charge in [-0.05, 0) is 36.6 Å². The molecular formula is C20H27N5O2S. The molecule has 4 rings (SSSR count). The molecule has 1 fully saturated rings. The minimum atomic E-state index is -3.54. The predicted octanol–water partition coefficient (Wildman–Crippen LogP) is 2.45. The molecule has 8 heteroatoms. The Hall–Kier alpha value is -2.45. The summed E-state index contributed by atoms with van der Waals surface area (Å²) >= 11 is 0. The third-order valence-corrected chi connectivity index (χ3v) is 6.87. The second-order valence-electron chi connectivity index (χ2n) is 7.53. The number of anilines is 2. The van der Waals surface area contributed by atoms with Crippen LogP contribution >= 0.6 is 0 Å².